The molecule has 1 aromatic heterocycles. The largest absolute Gasteiger partial charge is 0.478 e. The van der Waals surface area contributed by atoms with Crippen LogP contribution in [0, 0.1) is 0 Å². The minimum Gasteiger partial charge on any atom is -0.478 e. The van der Waals surface area contributed by atoms with Gasteiger partial charge in [-0.25, -0.2) is 4.79 Å². The molecule has 0 spiro atoms. The molecule has 0 bridgehead atoms. The van der Waals surface area contributed by atoms with Crippen LogP contribution in [0.3, 0.4) is 0 Å². The zero-order chi connectivity index (χ0) is 13.8. The fourth-order valence-electron chi connectivity index (χ4n) is 2.30. The van der Waals surface area contributed by atoms with E-state index in [-0.39, 0.29) is 12.2 Å². The molecule has 1 aromatic carbocycles. The number of hydrogen-bond donors (Lipinski definition) is 3. The number of aryl methyl sites for hydroxylation is 1. The van der Waals surface area contributed by atoms with Gasteiger partial charge in [0.15, 0.2) is 0 Å². The highest BCUT2D eigenvalue weighted by Gasteiger charge is 2.11. The average molecular weight is 262 g/mol. The van der Waals surface area contributed by atoms with Gasteiger partial charge in [0, 0.05) is 36.8 Å². The van der Waals surface area contributed by atoms with Gasteiger partial charge in [0.2, 0.25) is 0 Å². The van der Waals surface area contributed by atoms with E-state index >= 15 is 0 Å². The lowest BCUT2D eigenvalue weighted by Gasteiger charge is -2.02. The number of benzene rings is 1. The molecule has 0 aliphatic rings. The smallest absolute Gasteiger partial charge is 0.335 e. The summed E-state index contributed by atoms with van der Waals surface area (Å²) in [4.78, 5) is 11.0. The number of aromatic nitrogens is 1. The number of fused-ring (bicyclic) bond motifs is 1. The Kier molecular flexibility index (Phi) is 4.19. The Hall–Kier alpha value is -1.85. The zero-order valence-corrected chi connectivity index (χ0v) is 10.7. The highest BCUT2D eigenvalue weighted by molar-refractivity contribution is 5.95. The van der Waals surface area contributed by atoms with E-state index in [0.29, 0.717) is 19.5 Å². The molecule has 0 amide bonds. The SMILES string of the molecule is NCCn1cc(CCCO)c2cc(C(=O)O)ccc21. The van der Waals surface area contributed by atoms with Crippen molar-refractivity contribution in [2.45, 2.75) is 19.4 Å². The molecule has 0 atom stereocenters. The Bertz CT molecular complexity index is 590. The van der Waals surface area contributed by atoms with Gasteiger partial charge in [-0.05, 0) is 36.6 Å². The zero-order valence-electron chi connectivity index (χ0n) is 10.7. The van der Waals surface area contributed by atoms with Gasteiger partial charge >= 0.3 is 5.97 Å². The maximum Gasteiger partial charge on any atom is 0.335 e. The standard InChI is InChI=1S/C14H18N2O3/c15-5-6-16-9-11(2-1-7-17)12-8-10(14(18)19)3-4-13(12)16/h3-4,8-9,17H,1-2,5-7,15H2,(H,18,19). The molecular formula is C14H18N2O3. The second-order valence-electron chi connectivity index (χ2n) is 4.50. The molecule has 0 fully saturated rings. The molecule has 0 aliphatic carbocycles. The molecule has 2 rings (SSSR count). The summed E-state index contributed by atoms with van der Waals surface area (Å²) in [5, 5.41) is 18.9. The first-order valence-corrected chi connectivity index (χ1v) is 6.33. The quantitative estimate of drug-likeness (QED) is 0.730. The van der Waals surface area contributed by atoms with Gasteiger partial charge in [-0.3, -0.25) is 0 Å². The molecule has 5 heteroatoms. The Labute approximate surface area is 111 Å². The van der Waals surface area contributed by atoms with Gasteiger partial charge in [0.25, 0.3) is 0 Å². The molecule has 19 heavy (non-hydrogen) atoms. The van der Waals surface area contributed by atoms with Crippen molar-refractivity contribution in [1.82, 2.24) is 4.57 Å². The van der Waals surface area contributed by atoms with E-state index in [2.05, 4.69) is 0 Å². The van der Waals surface area contributed by atoms with Crippen molar-refractivity contribution in [2.24, 2.45) is 5.73 Å². The number of nitrogens with two attached hydrogens (primary N) is 1. The van der Waals surface area contributed by atoms with E-state index in [1.54, 1.807) is 12.1 Å². The van der Waals surface area contributed by atoms with Crippen LogP contribution in [0.2, 0.25) is 0 Å². The van der Waals surface area contributed by atoms with Crippen molar-refractivity contribution in [2.75, 3.05) is 13.2 Å². The van der Waals surface area contributed by atoms with E-state index in [0.717, 1.165) is 22.9 Å². The molecule has 2 aromatic rings. The van der Waals surface area contributed by atoms with Gasteiger partial charge in [0.1, 0.15) is 0 Å². The third-order valence-corrected chi connectivity index (χ3v) is 3.18. The molecule has 0 saturated carbocycles. The van der Waals surface area contributed by atoms with E-state index in [1.807, 2.05) is 16.8 Å². The normalized spacial score (nSPS) is 11.1. The topological polar surface area (TPSA) is 88.5 Å². The Morgan fingerprint density at radius 1 is 1.37 bits per heavy atom. The van der Waals surface area contributed by atoms with Gasteiger partial charge < -0.3 is 20.5 Å². The minimum absolute atomic E-state index is 0.127. The van der Waals surface area contributed by atoms with Crippen molar-refractivity contribution in [3.05, 3.63) is 35.5 Å². The van der Waals surface area contributed by atoms with E-state index in [1.165, 1.54) is 0 Å². The van der Waals surface area contributed by atoms with Crippen LogP contribution in [-0.2, 0) is 13.0 Å². The second-order valence-corrected chi connectivity index (χ2v) is 4.50. The molecule has 0 aliphatic heterocycles. The summed E-state index contributed by atoms with van der Waals surface area (Å²) >= 11 is 0. The molecule has 4 N–H and O–H groups in total. The first kappa shape index (κ1) is 13.6. The van der Waals surface area contributed by atoms with Crippen molar-refractivity contribution < 1.29 is 15.0 Å². The van der Waals surface area contributed by atoms with Gasteiger partial charge in [-0.1, -0.05) is 0 Å². The third-order valence-electron chi connectivity index (χ3n) is 3.18. The van der Waals surface area contributed by atoms with Crippen molar-refractivity contribution in [3.8, 4) is 0 Å². The van der Waals surface area contributed by atoms with Crippen LogP contribution in [0.5, 0.6) is 0 Å². The molecule has 1 heterocycles. The van der Waals surface area contributed by atoms with Gasteiger partial charge in [0.05, 0.1) is 5.56 Å². The number of aromatic carboxylic acids is 1. The number of carboxylic acids is 1. The molecule has 0 unspecified atom stereocenters. The summed E-state index contributed by atoms with van der Waals surface area (Å²) in [6, 6.07) is 5.11. The summed E-state index contributed by atoms with van der Waals surface area (Å²) in [5.74, 6) is -0.929. The molecular weight excluding hydrogens is 244 g/mol. The van der Waals surface area contributed by atoms with E-state index < -0.39 is 5.97 Å². The number of rotatable bonds is 6. The number of nitrogens with zero attached hydrogens (tertiary/aromatic N) is 1. The third kappa shape index (κ3) is 2.77. The Morgan fingerprint density at radius 3 is 2.79 bits per heavy atom. The lowest BCUT2D eigenvalue weighted by molar-refractivity contribution is 0.0697. The van der Waals surface area contributed by atoms with E-state index in [9.17, 15) is 4.79 Å². The summed E-state index contributed by atoms with van der Waals surface area (Å²) in [6.07, 6.45) is 3.39. The number of hydrogen-bond acceptors (Lipinski definition) is 3. The van der Waals surface area contributed by atoms with Crippen LogP contribution >= 0.6 is 0 Å². The van der Waals surface area contributed by atoms with Gasteiger partial charge in [-0.2, -0.15) is 0 Å². The summed E-state index contributed by atoms with van der Waals surface area (Å²) in [5.41, 5.74) is 7.91. The van der Waals surface area contributed by atoms with E-state index in [4.69, 9.17) is 15.9 Å². The fraction of sp³-hybridized carbons (Fsp3) is 0.357. The maximum absolute atomic E-state index is 11.0. The number of carbonyl (C=O) groups is 1. The molecule has 0 radical (unpaired) electrons. The highest BCUT2D eigenvalue weighted by Crippen LogP contribution is 2.24. The number of carboxylic acid groups (broad SMARTS) is 1. The summed E-state index contributed by atoms with van der Waals surface area (Å²) < 4.78 is 2.04. The maximum atomic E-state index is 11.0. The van der Waals surface area contributed by atoms with Crippen LogP contribution in [0.15, 0.2) is 24.4 Å². The van der Waals surface area contributed by atoms with Crippen molar-refractivity contribution in [3.63, 3.8) is 0 Å². The second kappa shape index (κ2) is 5.86. The van der Waals surface area contributed by atoms with Gasteiger partial charge in [-0.15, -0.1) is 0 Å². The first-order chi connectivity index (χ1) is 9.17. The fourth-order valence-corrected chi connectivity index (χ4v) is 2.30. The number of aliphatic hydroxyl groups is 1. The van der Waals surface area contributed by atoms with Crippen LogP contribution in [-0.4, -0.2) is 33.9 Å². The van der Waals surface area contributed by atoms with Crippen molar-refractivity contribution >= 4 is 16.9 Å². The van der Waals surface area contributed by atoms with Crippen molar-refractivity contribution in [1.29, 1.82) is 0 Å². The Morgan fingerprint density at radius 2 is 2.16 bits per heavy atom. The highest BCUT2D eigenvalue weighted by atomic mass is 16.4. The summed E-state index contributed by atoms with van der Waals surface area (Å²) in [6.45, 7) is 1.36. The predicted molar refractivity (Wildman–Crippen MR) is 73.4 cm³/mol. The Balaban J connectivity index is 2.51. The van der Waals surface area contributed by atoms with Crippen LogP contribution < -0.4 is 5.73 Å². The summed E-state index contributed by atoms with van der Waals surface area (Å²) in [7, 11) is 0. The monoisotopic (exact) mass is 262 g/mol. The molecule has 5 nitrogen and oxygen atoms in total. The molecule has 102 valence electrons. The van der Waals surface area contributed by atoms with Crippen LogP contribution in [0.4, 0.5) is 0 Å². The molecule has 0 saturated heterocycles. The van der Waals surface area contributed by atoms with Crippen LogP contribution in [0.25, 0.3) is 10.9 Å². The predicted octanol–water partition coefficient (Wildman–Crippen LogP) is 1.22. The lowest BCUT2D eigenvalue weighted by atomic mass is 10.1. The lowest BCUT2D eigenvalue weighted by Crippen LogP contribution is -2.08. The average Bonchev–Trinajstić information content (AvgIpc) is 2.74. The first-order valence-electron chi connectivity index (χ1n) is 6.33. The van der Waals surface area contributed by atoms with Crippen LogP contribution in [0.1, 0.15) is 22.3 Å². The minimum atomic E-state index is -0.929. The number of aliphatic hydroxyl groups excluding tert-OH is 1.